The molecule has 0 aliphatic carbocycles. The Labute approximate surface area is 103 Å². The average Bonchev–Trinajstić information content (AvgIpc) is 2.28. The number of aliphatic carboxylic acids is 1. The summed E-state index contributed by atoms with van der Waals surface area (Å²) in [6, 6.07) is 2.96. The molecule has 1 aromatic carbocycles. The summed E-state index contributed by atoms with van der Waals surface area (Å²) in [5.41, 5.74) is -0.000633. The normalized spacial score (nSPS) is 11.7. The van der Waals surface area contributed by atoms with E-state index in [9.17, 15) is 19.7 Å². The van der Waals surface area contributed by atoms with Crippen LogP contribution < -0.4 is 5.32 Å². The minimum atomic E-state index is -1.06. The lowest BCUT2D eigenvalue weighted by Gasteiger charge is -2.11. The third-order valence-electron chi connectivity index (χ3n) is 2.33. The number of nitrogens with zero attached hydrogens (tertiary/aromatic N) is 1. The van der Waals surface area contributed by atoms with Crippen LogP contribution in [0.25, 0.3) is 0 Å². The van der Waals surface area contributed by atoms with E-state index in [-0.39, 0.29) is 11.3 Å². The molecule has 18 heavy (non-hydrogen) atoms. The lowest BCUT2D eigenvalue weighted by atomic mass is 10.1. The van der Waals surface area contributed by atoms with E-state index in [0.717, 1.165) is 0 Å². The van der Waals surface area contributed by atoms with Crippen molar-refractivity contribution in [2.75, 3.05) is 5.32 Å². The van der Waals surface area contributed by atoms with Crippen molar-refractivity contribution >= 4 is 23.1 Å². The number of carbonyl (C=O) groups excluding carboxylic acids is 1. The molecule has 0 aliphatic heterocycles. The van der Waals surface area contributed by atoms with Crippen LogP contribution in [0.2, 0.25) is 0 Å². The van der Waals surface area contributed by atoms with Crippen LogP contribution in [0.5, 0.6) is 0 Å². The zero-order valence-corrected chi connectivity index (χ0v) is 9.84. The number of nitro groups is 1. The number of benzene rings is 1. The number of Topliss-reactive ketones (excluding diaryl/α,β-unsaturated/α-hetero) is 1. The molecule has 7 nitrogen and oxygen atoms in total. The molecule has 0 aromatic heterocycles. The highest BCUT2D eigenvalue weighted by Gasteiger charge is 2.19. The second-order valence-electron chi connectivity index (χ2n) is 3.75. The zero-order chi connectivity index (χ0) is 13.9. The Morgan fingerprint density at radius 2 is 2.06 bits per heavy atom. The summed E-state index contributed by atoms with van der Waals surface area (Å²) in [5.74, 6) is -1.51. The minimum absolute atomic E-state index is 0.0532. The number of rotatable bonds is 5. The number of hydrogen-bond acceptors (Lipinski definition) is 5. The van der Waals surface area contributed by atoms with Gasteiger partial charge >= 0.3 is 5.97 Å². The van der Waals surface area contributed by atoms with Crippen molar-refractivity contribution in [2.45, 2.75) is 19.9 Å². The molecular formula is C11H12N2O5. The van der Waals surface area contributed by atoms with Crippen molar-refractivity contribution < 1.29 is 19.6 Å². The predicted octanol–water partition coefficient (Wildman–Crippen LogP) is 1.68. The molecule has 1 rings (SSSR count). The maximum Gasteiger partial charge on any atom is 0.325 e. The van der Waals surface area contributed by atoms with Gasteiger partial charge in [-0.2, -0.15) is 0 Å². The second kappa shape index (κ2) is 5.26. The number of hydrogen-bond donors (Lipinski definition) is 2. The molecule has 0 amide bonds. The third kappa shape index (κ3) is 3.03. The average molecular weight is 252 g/mol. The maximum absolute atomic E-state index is 11.3. The molecule has 0 radical (unpaired) electrons. The van der Waals surface area contributed by atoms with Gasteiger partial charge in [-0.15, -0.1) is 0 Å². The smallest absolute Gasteiger partial charge is 0.325 e. The first-order valence-corrected chi connectivity index (χ1v) is 5.11. The van der Waals surface area contributed by atoms with E-state index < -0.39 is 22.7 Å². The summed E-state index contributed by atoms with van der Waals surface area (Å²) in [7, 11) is 0. The van der Waals surface area contributed by atoms with Crippen LogP contribution in [-0.4, -0.2) is 27.8 Å². The van der Waals surface area contributed by atoms with Crippen molar-refractivity contribution in [3.63, 3.8) is 0 Å². The Bertz CT molecular complexity index is 512. The lowest BCUT2D eigenvalue weighted by Crippen LogP contribution is -2.25. The van der Waals surface area contributed by atoms with Crippen LogP contribution in [0.4, 0.5) is 11.4 Å². The van der Waals surface area contributed by atoms with Crippen molar-refractivity contribution in [3.05, 3.63) is 33.9 Å². The Kier molecular flexibility index (Phi) is 3.98. The summed E-state index contributed by atoms with van der Waals surface area (Å²) < 4.78 is 0. The van der Waals surface area contributed by atoms with Crippen LogP contribution in [-0.2, 0) is 4.79 Å². The molecule has 7 heteroatoms. The summed E-state index contributed by atoms with van der Waals surface area (Å²) in [5, 5.41) is 22.1. The molecule has 0 aliphatic rings. The first-order chi connectivity index (χ1) is 8.32. The molecule has 96 valence electrons. The maximum atomic E-state index is 11.3. The largest absolute Gasteiger partial charge is 0.480 e. The van der Waals surface area contributed by atoms with Crippen molar-refractivity contribution in [2.24, 2.45) is 0 Å². The number of carbonyl (C=O) groups is 2. The predicted molar refractivity (Wildman–Crippen MR) is 63.8 cm³/mol. The molecule has 2 N–H and O–H groups in total. The standard InChI is InChI=1S/C11H12N2O5/c1-6(11(15)16)12-8-3-4-10(13(17)18)9(5-8)7(2)14/h3-6,12H,1-2H3,(H,15,16)/t6-/m1/s1. The second-order valence-corrected chi connectivity index (χ2v) is 3.75. The monoisotopic (exact) mass is 252 g/mol. The van der Waals surface area contributed by atoms with Gasteiger partial charge in [-0.1, -0.05) is 0 Å². The van der Waals surface area contributed by atoms with Crippen LogP contribution in [0.15, 0.2) is 18.2 Å². The summed E-state index contributed by atoms with van der Waals surface area (Å²) in [6.45, 7) is 2.64. The first kappa shape index (κ1) is 13.6. The van der Waals surface area contributed by atoms with Gasteiger partial charge in [0, 0.05) is 11.8 Å². The fourth-order valence-electron chi connectivity index (χ4n) is 1.38. The summed E-state index contributed by atoms with van der Waals surface area (Å²) in [4.78, 5) is 32.0. The lowest BCUT2D eigenvalue weighted by molar-refractivity contribution is -0.385. The fraction of sp³-hybridized carbons (Fsp3) is 0.273. The quantitative estimate of drug-likeness (QED) is 0.468. The molecular weight excluding hydrogens is 240 g/mol. The number of anilines is 1. The van der Waals surface area contributed by atoms with E-state index in [2.05, 4.69) is 5.32 Å². The van der Waals surface area contributed by atoms with E-state index in [0.29, 0.717) is 5.69 Å². The van der Waals surface area contributed by atoms with Crippen LogP contribution in [0.1, 0.15) is 24.2 Å². The zero-order valence-electron chi connectivity index (χ0n) is 9.84. The topological polar surface area (TPSA) is 110 Å². The molecule has 0 unspecified atom stereocenters. The van der Waals surface area contributed by atoms with E-state index in [4.69, 9.17) is 5.11 Å². The summed E-state index contributed by atoms with van der Waals surface area (Å²) in [6.07, 6.45) is 0. The summed E-state index contributed by atoms with van der Waals surface area (Å²) >= 11 is 0. The molecule has 0 bridgehead atoms. The molecule has 0 fully saturated rings. The Hall–Kier alpha value is -2.44. The van der Waals surface area contributed by atoms with Crippen molar-refractivity contribution in [3.8, 4) is 0 Å². The minimum Gasteiger partial charge on any atom is -0.480 e. The van der Waals surface area contributed by atoms with Crippen LogP contribution in [0, 0.1) is 10.1 Å². The number of ketones is 1. The van der Waals surface area contributed by atoms with Gasteiger partial charge in [0.15, 0.2) is 5.78 Å². The first-order valence-electron chi connectivity index (χ1n) is 5.11. The van der Waals surface area contributed by atoms with Crippen LogP contribution >= 0.6 is 0 Å². The highest BCUT2D eigenvalue weighted by Crippen LogP contribution is 2.23. The fourth-order valence-corrected chi connectivity index (χ4v) is 1.38. The van der Waals surface area contributed by atoms with Crippen LogP contribution in [0.3, 0.4) is 0 Å². The number of nitro benzene ring substituents is 1. The molecule has 0 saturated heterocycles. The van der Waals surface area contributed by atoms with E-state index >= 15 is 0 Å². The van der Waals surface area contributed by atoms with E-state index in [1.165, 1.54) is 32.0 Å². The van der Waals surface area contributed by atoms with E-state index in [1.807, 2.05) is 0 Å². The number of carboxylic acids is 1. The van der Waals surface area contributed by atoms with Gasteiger partial charge in [0.2, 0.25) is 0 Å². The van der Waals surface area contributed by atoms with Gasteiger partial charge in [0.1, 0.15) is 6.04 Å². The van der Waals surface area contributed by atoms with Gasteiger partial charge in [-0.3, -0.25) is 19.7 Å². The Morgan fingerprint density at radius 1 is 1.44 bits per heavy atom. The van der Waals surface area contributed by atoms with Crippen molar-refractivity contribution in [1.29, 1.82) is 0 Å². The van der Waals surface area contributed by atoms with Gasteiger partial charge in [-0.25, -0.2) is 0 Å². The molecule has 0 heterocycles. The van der Waals surface area contributed by atoms with Gasteiger partial charge in [0.05, 0.1) is 10.5 Å². The molecule has 0 spiro atoms. The van der Waals surface area contributed by atoms with Gasteiger partial charge in [0.25, 0.3) is 5.69 Å². The third-order valence-corrected chi connectivity index (χ3v) is 2.33. The van der Waals surface area contributed by atoms with E-state index in [1.54, 1.807) is 0 Å². The number of carboxylic acid groups (broad SMARTS) is 1. The van der Waals surface area contributed by atoms with Gasteiger partial charge in [-0.05, 0) is 26.0 Å². The Balaban J connectivity index is 3.11. The SMILES string of the molecule is CC(=O)c1cc(N[C@H](C)C(=O)O)ccc1[N+](=O)[O-]. The van der Waals surface area contributed by atoms with Gasteiger partial charge < -0.3 is 10.4 Å². The molecule has 1 aromatic rings. The highest BCUT2D eigenvalue weighted by molar-refractivity contribution is 5.99. The molecule has 1 atom stereocenters. The number of nitrogens with one attached hydrogen (secondary N) is 1. The van der Waals surface area contributed by atoms with Crippen molar-refractivity contribution in [1.82, 2.24) is 0 Å². The Morgan fingerprint density at radius 3 is 2.50 bits per heavy atom. The highest BCUT2D eigenvalue weighted by atomic mass is 16.6. The molecule has 0 saturated carbocycles.